The number of hydrogen-bond donors (Lipinski definition) is 2. The average molecular weight is 282 g/mol. The molecule has 4 heteroatoms. The molecule has 0 spiro atoms. The number of H-pyrrole nitrogens is 1. The quantitative estimate of drug-likeness (QED) is 0.658. The SMILES string of the molecule is Cc1nc(-c2ccc(/N=C/NC3CCCCC3)cc2)c[nH]1. The minimum absolute atomic E-state index is 0.605. The highest BCUT2D eigenvalue weighted by Gasteiger charge is 2.10. The molecule has 21 heavy (non-hydrogen) atoms. The molecule has 1 aromatic carbocycles. The monoisotopic (exact) mass is 282 g/mol. The Balaban J connectivity index is 1.59. The molecule has 0 amide bonds. The summed E-state index contributed by atoms with van der Waals surface area (Å²) in [4.78, 5) is 12.0. The number of nitrogens with one attached hydrogen (secondary N) is 2. The average Bonchev–Trinajstić information content (AvgIpc) is 2.96. The molecule has 1 heterocycles. The fourth-order valence-corrected chi connectivity index (χ4v) is 2.77. The van der Waals surface area contributed by atoms with Crippen molar-refractivity contribution < 1.29 is 0 Å². The van der Waals surface area contributed by atoms with Crippen molar-refractivity contribution in [2.45, 2.75) is 45.1 Å². The molecule has 2 N–H and O–H groups in total. The van der Waals surface area contributed by atoms with E-state index in [1.807, 2.05) is 31.6 Å². The smallest absolute Gasteiger partial charge is 0.103 e. The third kappa shape index (κ3) is 3.72. The summed E-state index contributed by atoms with van der Waals surface area (Å²) in [5.74, 6) is 0.934. The third-order valence-corrected chi connectivity index (χ3v) is 4.00. The lowest BCUT2D eigenvalue weighted by molar-refractivity contribution is 0.416. The number of hydrogen-bond acceptors (Lipinski definition) is 2. The topological polar surface area (TPSA) is 53.1 Å². The van der Waals surface area contributed by atoms with E-state index in [9.17, 15) is 0 Å². The van der Waals surface area contributed by atoms with Crippen molar-refractivity contribution in [2.24, 2.45) is 4.99 Å². The lowest BCUT2D eigenvalue weighted by Gasteiger charge is -2.21. The first-order valence-electron chi connectivity index (χ1n) is 7.72. The molecule has 4 nitrogen and oxygen atoms in total. The molecule has 0 radical (unpaired) electrons. The molecule has 1 aliphatic carbocycles. The van der Waals surface area contributed by atoms with Gasteiger partial charge in [-0.25, -0.2) is 9.98 Å². The lowest BCUT2D eigenvalue weighted by atomic mass is 9.96. The van der Waals surface area contributed by atoms with Crippen LogP contribution in [0.4, 0.5) is 5.69 Å². The van der Waals surface area contributed by atoms with Crippen molar-refractivity contribution in [3.05, 3.63) is 36.3 Å². The van der Waals surface area contributed by atoms with E-state index >= 15 is 0 Å². The Kier molecular flexibility index (Phi) is 4.34. The third-order valence-electron chi connectivity index (χ3n) is 4.00. The minimum Gasteiger partial charge on any atom is -0.373 e. The van der Waals surface area contributed by atoms with Crippen LogP contribution in [-0.4, -0.2) is 22.3 Å². The normalized spacial score (nSPS) is 16.4. The Morgan fingerprint density at radius 3 is 2.62 bits per heavy atom. The largest absolute Gasteiger partial charge is 0.373 e. The number of benzene rings is 1. The molecular formula is C17H22N4. The summed E-state index contributed by atoms with van der Waals surface area (Å²) in [5.41, 5.74) is 3.05. The Hall–Kier alpha value is -2.10. The summed E-state index contributed by atoms with van der Waals surface area (Å²) in [6.07, 6.45) is 10.4. The fraction of sp³-hybridized carbons (Fsp3) is 0.412. The number of rotatable bonds is 4. The summed E-state index contributed by atoms with van der Waals surface area (Å²) in [6, 6.07) is 8.77. The van der Waals surface area contributed by atoms with Crippen LogP contribution in [0.5, 0.6) is 0 Å². The number of aromatic nitrogens is 2. The van der Waals surface area contributed by atoms with Crippen LogP contribution in [0.2, 0.25) is 0 Å². The van der Waals surface area contributed by atoms with E-state index in [2.05, 4.69) is 32.4 Å². The van der Waals surface area contributed by atoms with Gasteiger partial charge in [-0.05, 0) is 31.9 Å². The van der Waals surface area contributed by atoms with E-state index in [1.54, 1.807) is 0 Å². The number of nitrogens with zero attached hydrogens (tertiary/aromatic N) is 2. The van der Waals surface area contributed by atoms with Crippen molar-refractivity contribution in [1.29, 1.82) is 0 Å². The van der Waals surface area contributed by atoms with Gasteiger partial charge in [-0.2, -0.15) is 0 Å². The van der Waals surface area contributed by atoms with E-state index in [1.165, 1.54) is 32.1 Å². The van der Waals surface area contributed by atoms with Crippen LogP contribution in [0.1, 0.15) is 37.9 Å². The maximum Gasteiger partial charge on any atom is 0.103 e. The van der Waals surface area contributed by atoms with E-state index < -0.39 is 0 Å². The van der Waals surface area contributed by atoms with Crippen LogP contribution < -0.4 is 5.32 Å². The summed E-state index contributed by atoms with van der Waals surface area (Å²) in [6.45, 7) is 1.96. The van der Waals surface area contributed by atoms with Gasteiger partial charge in [-0.3, -0.25) is 0 Å². The second-order valence-corrected chi connectivity index (χ2v) is 5.68. The Morgan fingerprint density at radius 1 is 1.19 bits per heavy atom. The highest BCUT2D eigenvalue weighted by molar-refractivity contribution is 5.65. The Labute approximate surface area is 125 Å². The van der Waals surface area contributed by atoms with Crippen LogP contribution in [0.25, 0.3) is 11.3 Å². The predicted molar refractivity (Wildman–Crippen MR) is 86.9 cm³/mol. The van der Waals surface area contributed by atoms with Gasteiger partial charge in [0.25, 0.3) is 0 Å². The molecule has 0 atom stereocenters. The van der Waals surface area contributed by atoms with E-state index in [-0.39, 0.29) is 0 Å². The number of aryl methyl sites for hydroxylation is 1. The fourth-order valence-electron chi connectivity index (χ4n) is 2.77. The van der Waals surface area contributed by atoms with Gasteiger partial charge in [-0.1, -0.05) is 31.4 Å². The predicted octanol–water partition coefficient (Wildman–Crippen LogP) is 3.97. The zero-order valence-electron chi connectivity index (χ0n) is 12.5. The first kappa shape index (κ1) is 13.9. The lowest BCUT2D eigenvalue weighted by Crippen LogP contribution is -2.29. The number of imidazole rings is 1. The number of aliphatic imine (C=N–C) groups is 1. The molecule has 1 fully saturated rings. The van der Waals surface area contributed by atoms with Crippen LogP contribution in [0.3, 0.4) is 0 Å². The molecule has 3 rings (SSSR count). The van der Waals surface area contributed by atoms with Crippen LogP contribution in [-0.2, 0) is 0 Å². The van der Waals surface area contributed by atoms with Gasteiger partial charge in [0.2, 0.25) is 0 Å². The second kappa shape index (κ2) is 6.57. The van der Waals surface area contributed by atoms with Crippen LogP contribution in [0.15, 0.2) is 35.5 Å². The van der Waals surface area contributed by atoms with E-state index in [0.29, 0.717) is 6.04 Å². The zero-order valence-corrected chi connectivity index (χ0v) is 12.5. The molecule has 0 bridgehead atoms. The maximum absolute atomic E-state index is 4.48. The van der Waals surface area contributed by atoms with Gasteiger partial charge in [0.15, 0.2) is 0 Å². The summed E-state index contributed by atoms with van der Waals surface area (Å²) < 4.78 is 0. The summed E-state index contributed by atoms with van der Waals surface area (Å²) in [7, 11) is 0. The van der Waals surface area contributed by atoms with Crippen molar-refractivity contribution >= 4 is 12.0 Å². The van der Waals surface area contributed by atoms with Gasteiger partial charge in [0, 0.05) is 17.8 Å². The van der Waals surface area contributed by atoms with Gasteiger partial charge in [0.05, 0.1) is 17.7 Å². The van der Waals surface area contributed by atoms with Crippen molar-refractivity contribution in [1.82, 2.24) is 15.3 Å². The van der Waals surface area contributed by atoms with E-state index in [0.717, 1.165) is 22.8 Å². The molecular weight excluding hydrogens is 260 g/mol. The van der Waals surface area contributed by atoms with Gasteiger partial charge < -0.3 is 10.3 Å². The standard InChI is InChI=1S/C17H22N4/c1-13-18-11-17(21-13)14-7-9-16(10-8-14)20-12-19-15-5-3-2-4-6-15/h7-12,15H,2-6H2,1H3,(H,18,21)(H,19,20). The highest BCUT2D eigenvalue weighted by atomic mass is 15.0. The first-order valence-corrected chi connectivity index (χ1v) is 7.72. The van der Waals surface area contributed by atoms with Gasteiger partial charge >= 0.3 is 0 Å². The molecule has 1 aromatic heterocycles. The van der Waals surface area contributed by atoms with Gasteiger partial charge in [-0.15, -0.1) is 0 Å². The first-order chi connectivity index (χ1) is 10.3. The van der Waals surface area contributed by atoms with Crippen LogP contribution >= 0.6 is 0 Å². The Bertz CT molecular complexity index is 592. The maximum atomic E-state index is 4.48. The van der Waals surface area contributed by atoms with Crippen LogP contribution in [0, 0.1) is 6.92 Å². The van der Waals surface area contributed by atoms with Crippen molar-refractivity contribution in [3.63, 3.8) is 0 Å². The Morgan fingerprint density at radius 2 is 1.95 bits per heavy atom. The molecule has 110 valence electrons. The molecule has 2 aromatic rings. The zero-order chi connectivity index (χ0) is 14.5. The second-order valence-electron chi connectivity index (χ2n) is 5.68. The minimum atomic E-state index is 0.605. The van der Waals surface area contributed by atoms with Gasteiger partial charge in [0.1, 0.15) is 5.82 Å². The van der Waals surface area contributed by atoms with Crippen molar-refractivity contribution in [2.75, 3.05) is 0 Å². The number of aromatic amines is 1. The molecule has 0 aliphatic heterocycles. The van der Waals surface area contributed by atoms with E-state index in [4.69, 9.17) is 0 Å². The molecule has 1 aliphatic rings. The summed E-state index contributed by atoms with van der Waals surface area (Å²) in [5, 5.41) is 3.41. The summed E-state index contributed by atoms with van der Waals surface area (Å²) >= 11 is 0. The molecule has 1 saturated carbocycles. The van der Waals surface area contributed by atoms with Crippen molar-refractivity contribution in [3.8, 4) is 11.3 Å². The molecule has 0 saturated heterocycles. The molecule has 0 unspecified atom stereocenters. The highest BCUT2D eigenvalue weighted by Crippen LogP contribution is 2.21.